The lowest BCUT2D eigenvalue weighted by Gasteiger charge is -2.36. The van der Waals surface area contributed by atoms with Gasteiger partial charge in [0, 0.05) is 11.3 Å². The molecule has 3 nitrogen and oxygen atoms in total. The molecular formula is C15H28N2OS. The van der Waals surface area contributed by atoms with Crippen molar-refractivity contribution in [1.29, 1.82) is 0 Å². The van der Waals surface area contributed by atoms with Gasteiger partial charge in [0.15, 0.2) is 0 Å². The number of hydrogen-bond acceptors (Lipinski definition) is 3. The van der Waals surface area contributed by atoms with Crippen LogP contribution in [0.15, 0.2) is 0 Å². The average molecular weight is 284 g/mol. The van der Waals surface area contributed by atoms with Crippen molar-refractivity contribution >= 4 is 17.7 Å². The van der Waals surface area contributed by atoms with Crippen LogP contribution in [0.4, 0.5) is 0 Å². The van der Waals surface area contributed by atoms with Crippen molar-refractivity contribution in [2.75, 3.05) is 6.26 Å². The van der Waals surface area contributed by atoms with Gasteiger partial charge in [-0.15, -0.1) is 0 Å². The topological polar surface area (TPSA) is 32.3 Å². The van der Waals surface area contributed by atoms with E-state index in [1.807, 2.05) is 11.8 Å². The molecule has 1 saturated heterocycles. The van der Waals surface area contributed by atoms with Gasteiger partial charge in [-0.05, 0) is 38.4 Å². The molecule has 0 aromatic heterocycles. The van der Waals surface area contributed by atoms with Gasteiger partial charge in [0.2, 0.25) is 5.91 Å². The molecule has 2 rings (SSSR count). The summed E-state index contributed by atoms with van der Waals surface area (Å²) in [5.74, 6) is 0.772. The summed E-state index contributed by atoms with van der Waals surface area (Å²) in [6.07, 6.45) is 8.40. The van der Waals surface area contributed by atoms with Gasteiger partial charge < -0.3 is 4.90 Å². The van der Waals surface area contributed by atoms with Crippen LogP contribution in [0.5, 0.6) is 0 Å². The minimum absolute atomic E-state index is 0.0367. The fraction of sp³-hybridized carbons (Fsp3) is 0.933. The lowest BCUT2D eigenvalue weighted by molar-refractivity contribution is -0.133. The number of carbonyl (C=O) groups is 1. The SMILES string of the molecule is CCC(C)C1NC(C)N(C2CCCC(SC)C2)C1=O. The summed E-state index contributed by atoms with van der Waals surface area (Å²) in [6, 6.07) is 0.491. The molecule has 1 aliphatic carbocycles. The summed E-state index contributed by atoms with van der Waals surface area (Å²) in [4.78, 5) is 14.8. The van der Waals surface area contributed by atoms with Crippen LogP contribution >= 0.6 is 11.8 Å². The molecule has 4 heteroatoms. The summed E-state index contributed by atoms with van der Waals surface area (Å²) in [6.45, 7) is 6.48. The van der Waals surface area contributed by atoms with Gasteiger partial charge in [-0.2, -0.15) is 11.8 Å². The number of nitrogens with zero attached hydrogens (tertiary/aromatic N) is 1. The number of thioether (sulfide) groups is 1. The molecule has 5 unspecified atom stereocenters. The maximum Gasteiger partial charge on any atom is 0.241 e. The first-order valence-corrected chi connectivity index (χ1v) is 8.98. The fourth-order valence-electron chi connectivity index (χ4n) is 3.49. The third-order valence-corrected chi connectivity index (χ3v) is 5.99. The smallest absolute Gasteiger partial charge is 0.241 e. The second-order valence-corrected chi connectivity index (χ2v) is 7.27. The van der Waals surface area contributed by atoms with Gasteiger partial charge in [0.1, 0.15) is 0 Å². The van der Waals surface area contributed by atoms with Gasteiger partial charge in [-0.3, -0.25) is 10.1 Å². The summed E-state index contributed by atoms with van der Waals surface area (Å²) >= 11 is 1.96. The van der Waals surface area contributed by atoms with E-state index in [-0.39, 0.29) is 12.2 Å². The zero-order valence-corrected chi connectivity index (χ0v) is 13.5. The molecule has 0 aromatic rings. The van der Waals surface area contributed by atoms with Crippen molar-refractivity contribution in [3.8, 4) is 0 Å². The van der Waals surface area contributed by atoms with Crippen molar-refractivity contribution in [2.24, 2.45) is 5.92 Å². The number of carbonyl (C=O) groups excluding carboxylic acids is 1. The van der Waals surface area contributed by atoms with Crippen LogP contribution in [0.3, 0.4) is 0 Å². The Morgan fingerprint density at radius 3 is 2.84 bits per heavy atom. The Balaban J connectivity index is 2.05. The van der Waals surface area contributed by atoms with Crippen LogP contribution in [0, 0.1) is 5.92 Å². The van der Waals surface area contributed by atoms with Crippen molar-refractivity contribution in [1.82, 2.24) is 10.2 Å². The molecule has 110 valence electrons. The molecule has 1 amide bonds. The Hall–Kier alpha value is -0.220. The second kappa shape index (κ2) is 6.49. The van der Waals surface area contributed by atoms with Crippen LogP contribution in [0.2, 0.25) is 0 Å². The van der Waals surface area contributed by atoms with Gasteiger partial charge >= 0.3 is 0 Å². The van der Waals surface area contributed by atoms with Crippen molar-refractivity contribution in [3.05, 3.63) is 0 Å². The van der Waals surface area contributed by atoms with Crippen LogP contribution in [0.1, 0.15) is 52.9 Å². The molecule has 0 aromatic carbocycles. The van der Waals surface area contributed by atoms with E-state index < -0.39 is 0 Å². The first-order valence-electron chi connectivity index (χ1n) is 7.69. The predicted octanol–water partition coefficient (Wildman–Crippen LogP) is 2.85. The third kappa shape index (κ3) is 3.10. The minimum atomic E-state index is 0.0367. The van der Waals surface area contributed by atoms with Crippen molar-refractivity contribution < 1.29 is 4.79 Å². The quantitative estimate of drug-likeness (QED) is 0.861. The molecular weight excluding hydrogens is 256 g/mol. The first-order chi connectivity index (χ1) is 9.08. The number of amides is 1. The molecule has 2 fully saturated rings. The molecule has 19 heavy (non-hydrogen) atoms. The normalized spacial score (nSPS) is 37.7. The monoisotopic (exact) mass is 284 g/mol. The molecule has 0 spiro atoms. The number of rotatable bonds is 4. The van der Waals surface area contributed by atoms with E-state index >= 15 is 0 Å². The average Bonchev–Trinajstić information content (AvgIpc) is 2.73. The zero-order valence-electron chi connectivity index (χ0n) is 12.7. The van der Waals surface area contributed by atoms with Crippen LogP contribution in [-0.4, -0.2) is 40.6 Å². The van der Waals surface area contributed by atoms with E-state index in [1.54, 1.807) is 0 Å². The van der Waals surface area contributed by atoms with E-state index in [0.29, 0.717) is 17.9 Å². The van der Waals surface area contributed by atoms with E-state index in [9.17, 15) is 4.79 Å². The fourth-order valence-corrected chi connectivity index (χ4v) is 4.31. The predicted molar refractivity (Wildman–Crippen MR) is 82.2 cm³/mol. The summed E-state index contributed by atoms with van der Waals surface area (Å²) < 4.78 is 0. The Morgan fingerprint density at radius 1 is 1.47 bits per heavy atom. The maximum atomic E-state index is 12.7. The highest BCUT2D eigenvalue weighted by atomic mass is 32.2. The van der Waals surface area contributed by atoms with Crippen LogP contribution in [-0.2, 0) is 4.79 Å². The number of nitrogens with one attached hydrogen (secondary N) is 1. The second-order valence-electron chi connectivity index (χ2n) is 6.13. The highest BCUT2D eigenvalue weighted by Gasteiger charge is 2.43. The minimum Gasteiger partial charge on any atom is -0.323 e. The molecule has 2 aliphatic rings. The van der Waals surface area contributed by atoms with E-state index in [1.165, 1.54) is 25.7 Å². The molecule has 5 atom stereocenters. The largest absolute Gasteiger partial charge is 0.323 e. The summed E-state index contributed by atoms with van der Waals surface area (Å²) in [7, 11) is 0. The highest BCUT2D eigenvalue weighted by molar-refractivity contribution is 7.99. The Bertz CT molecular complexity index is 323. The van der Waals surface area contributed by atoms with Gasteiger partial charge in [-0.1, -0.05) is 26.7 Å². The number of hydrogen-bond donors (Lipinski definition) is 1. The molecule has 1 heterocycles. The maximum absolute atomic E-state index is 12.7. The third-order valence-electron chi connectivity index (χ3n) is 4.90. The molecule has 0 radical (unpaired) electrons. The standard InChI is InChI=1S/C15H28N2OS/c1-5-10(2)14-15(18)17(11(3)16-14)12-7-6-8-13(9-12)19-4/h10-14,16H,5-9H2,1-4H3. The van der Waals surface area contributed by atoms with Crippen LogP contribution in [0.25, 0.3) is 0 Å². The lowest BCUT2D eigenvalue weighted by atomic mass is 9.92. The van der Waals surface area contributed by atoms with Gasteiger partial charge in [-0.25, -0.2) is 0 Å². The van der Waals surface area contributed by atoms with Crippen molar-refractivity contribution in [2.45, 2.75) is 76.4 Å². The van der Waals surface area contributed by atoms with E-state index in [4.69, 9.17) is 0 Å². The first kappa shape index (κ1) is 15.2. The Kier molecular flexibility index (Phi) is 5.18. The molecule has 1 aliphatic heterocycles. The van der Waals surface area contributed by atoms with E-state index in [2.05, 4.69) is 37.2 Å². The van der Waals surface area contributed by atoms with E-state index in [0.717, 1.165) is 11.7 Å². The zero-order chi connectivity index (χ0) is 14.0. The Morgan fingerprint density at radius 2 is 2.21 bits per heavy atom. The van der Waals surface area contributed by atoms with Crippen LogP contribution < -0.4 is 5.32 Å². The van der Waals surface area contributed by atoms with Crippen molar-refractivity contribution in [3.63, 3.8) is 0 Å². The Labute approximate surface area is 121 Å². The lowest BCUT2D eigenvalue weighted by Crippen LogP contribution is -2.46. The highest BCUT2D eigenvalue weighted by Crippen LogP contribution is 2.33. The molecule has 0 bridgehead atoms. The van der Waals surface area contributed by atoms with Gasteiger partial charge in [0.05, 0.1) is 12.2 Å². The summed E-state index contributed by atoms with van der Waals surface area (Å²) in [5, 5.41) is 4.24. The summed E-state index contributed by atoms with van der Waals surface area (Å²) in [5.41, 5.74) is 0. The van der Waals surface area contributed by atoms with Gasteiger partial charge in [0.25, 0.3) is 0 Å². The molecule has 1 N–H and O–H groups in total. The molecule has 1 saturated carbocycles.